The number of hydrogen-bond donors (Lipinski definition) is 2. The highest BCUT2D eigenvalue weighted by atomic mass is 19.4. The van der Waals surface area contributed by atoms with Crippen molar-refractivity contribution in [2.24, 2.45) is 0 Å². The number of ether oxygens (including phenoxy) is 1. The lowest BCUT2D eigenvalue weighted by molar-refractivity contribution is -0.137. The third-order valence-electron chi connectivity index (χ3n) is 4.02. The van der Waals surface area contributed by atoms with Gasteiger partial charge in [0.2, 0.25) is 5.78 Å². The lowest BCUT2D eigenvalue weighted by Crippen LogP contribution is -2.10. The van der Waals surface area contributed by atoms with E-state index in [2.05, 4.69) is 4.98 Å². The van der Waals surface area contributed by atoms with Gasteiger partial charge in [0.05, 0.1) is 23.4 Å². The Morgan fingerprint density at radius 3 is 2.41 bits per heavy atom. The van der Waals surface area contributed by atoms with Crippen molar-refractivity contribution >= 4 is 28.3 Å². The first-order valence-electron chi connectivity index (χ1n) is 8.03. The molecule has 0 aliphatic rings. The maximum Gasteiger partial charge on any atom is 0.416 e. The molecule has 0 fully saturated rings. The number of hydrogen-bond acceptors (Lipinski definition) is 4. The number of H-pyrrole nitrogens is 1. The second kappa shape index (κ2) is 6.79. The summed E-state index contributed by atoms with van der Waals surface area (Å²) in [7, 11) is 0. The van der Waals surface area contributed by atoms with Crippen molar-refractivity contribution in [1.29, 1.82) is 0 Å². The second-order valence-corrected chi connectivity index (χ2v) is 5.77. The molecular formula is C19H15F3N2O3. The average Bonchev–Trinajstić information content (AvgIpc) is 2.97. The number of fused-ring (bicyclic) bond motifs is 1. The Morgan fingerprint density at radius 1 is 1.15 bits per heavy atom. The number of carbonyl (C=O) groups excluding carboxylic acids is 2. The maximum atomic E-state index is 13.2. The van der Waals surface area contributed by atoms with Crippen molar-refractivity contribution in [3.8, 4) is 0 Å². The van der Waals surface area contributed by atoms with E-state index in [-0.39, 0.29) is 34.5 Å². The van der Waals surface area contributed by atoms with Gasteiger partial charge in [-0.2, -0.15) is 13.2 Å². The summed E-state index contributed by atoms with van der Waals surface area (Å²) in [5, 5.41) is 0.0285. The Hall–Kier alpha value is -3.29. The molecule has 0 spiro atoms. The van der Waals surface area contributed by atoms with Gasteiger partial charge in [0.15, 0.2) is 0 Å². The summed E-state index contributed by atoms with van der Waals surface area (Å²) < 4.78 is 44.5. The number of anilines is 1. The number of nitrogen functional groups attached to an aromatic ring is 1. The highest BCUT2D eigenvalue weighted by Gasteiger charge is 2.34. The van der Waals surface area contributed by atoms with Gasteiger partial charge in [0.1, 0.15) is 5.69 Å². The minimum absolute atomic E-state index is 0.0172. The number of carbonyl (C=O) groups is 2. The van der Waals surface area contributed by atoms with E-state index in [1.54, 1.807) is 30.3 Å². The van der Waals surface area contributed by atoms with Gasteiger partial charge in [-0.05, 0) is 19.1 Å². The van der Waals surface area contributed by atoms with Crippen LogP contribution in [0.2, 0.25) is 0 Å². The zero-order valence-corrected chi connectivity index (χ0v) is 14.2. The Labute approximate surface area is 151 Å². The number of benzene rings is 2. The molecule has 0 bridgehead atoms. The molecule has 140 valence electrons. The van der Waals surface area contributed by atoms with Crippen LogP contribution in [0.3, 0.4) is 0 Å². The quantitative estimate of drug-likeness (QED) is 0.528. The third kappa shape index (κ3) is 3.38. The fourth-order valence-electron chi connectivity index (χ4n) is 2.80. The number of aromatic amines is 1. The summed E-state index contributed by atoms with van der Waals surface area (Å²) in [4.78, 5) is 27.5. The molecule has 3 N–H and O–H groups in total. The van der Waals surface area contributed by atoms with Crippen LogP contribution < -0.4 is 5.73 Å². The molecule has 0 saturated carbocycles. The zero-order valence-electron chi connectivity index (χ0n) is 14.2. The van der Waals surface area contributed by atoms with Gasteiger partial charge in [0, 0.05) is 16.5 Å². The molecule has 0 radical (unpaired) electrons. The van der Waals surface area contributed by atoms with Gasteiger partial charge in [-0.3, -0.25) is 4.79 Å². The minimum Gasteiger partial charge on any atom is -0.462 e. The number of esters is 1. The first-order chi connectivity index (χ1) is 12.7. The Kier molecular flexibility index (Phi) is 4.65. The van der Waals surface area contributed by atoms with E-state index >= 15 is 0 Å². The number of alkyl halides is 3. The van der Waals surface area contributed by atoms with Crippen LogP contribution in [0, 0.1) is 0 Å². The maximum absolute atomic E-state index is 13.2. The van der Waals surface area contributed by atoms with Crippen LogP contribution in [-0.4, -0.2) is 23.3 Å². The predicted molar refractivity (Wildman–Crippen MR) is 93.5 cm³/mol. The normalized spacial score (nSPS) is 11.6. The standard InChI is InChI=1S/C19H15F3N2O3/c1-2-27-18(26)12-8-11(19(20,21)22)9-13-14(12)15(23)16(24-13)17(25)10-6-4-3-5-7-10/h3-9,24H,2,23H2,1H3. The molecule has 5 nitrogen and oxygen atoms in total. The van der Waals surface area contributed by atoms with Gasteiger partial charge in [0.25, 0.3) is 0 Å². The number of aromatic nitrogens is 1. The van der Waals surface area contributed by atoms with Gasteiger partial charge < -0.3 is 15.5 Å². The molecule has 27 heavy (non-hydrogen) atoms. The van der Waals surface area contributed by atoms with Crippen molar-refractivity contribution in [1.82, 2.24) is 4.98 Å². The summed E-state index contributed by atoms with van der Waals surface area (Å²) in [5.41, 5.74) is 4.70. The largest absolute Gasteiger partial charge is 0.462 e. The lowest BCUT2D eigenvalue weighted by atomic mass is 10.0. The van der Waals surface area contributed by atoms with E-state index < -0.39 is 23.5 Å². The predicted octanol–water partition coefficient (Wildman–Crippen LogP) is 4.18. The number of nitrogens with two attached hydrogens (primary N) is 1. The van der Waals surface area contributed by atoms with Crippen LogP contribution in [0.1, 0.15) is 38.9 Å². The fourth-order valence-corrected chi connectivity index (χ4v) is 2.80. The van der Waals surface area contributed by atoms with E-state index in [1.165, 1.54) is 6.92 Å². The molecule has 3 aromatic rings. The van der Waals surface area contributed by atoms with Gasteiger partial charge >= 0.3 is 12.1 Å². The van der Waals surface area contributed by atoms with Crippen molar-refractivity contribution in [2.75, 3.05) is 12.3 Å². The summed E-state index contributed by atoms with van der Waals surface area (Å²) in [6, 6.07) is 9.63. The van der Waals surface area contributed by atoms with E-state index in [1.807, 2.05) is 0 Å². The van der Waals surface area contributed by atoms with Gasteiger partial charge in [-0.1, -0.05) is 30.3 Å². The molecule has 1 aromatic heterocycles. The molecule has 1 heterocycles. The molecule has 0 amide bonds. The first kappa shape index (κ1) is 18.5. The first-order valence-corrected chi connectivity index (χ1v) is 8.03. The fraction of sp³-hybridized carbons (Fsp3) is 0.158. The van der Waals surface area contributed by atoms with Crippen LogP contribution in [0.5, 0.6) is 0 Å². The molecule has 0 aliphatic heterocycles. The van der Waals surface area contributed by atoms with Crippen molar-refractivity contribution in [3.63, 3.8) is 0 Å². The molecule has 8 heteroatoms. The van der Waals surface area contributed by atoms with E-state index in [0.717, 1.165) is 6.07 Å². The van der Waals surface area contributed by atoms with Crippen molar-refractivity contribution in [2.45, 2.75) is 13.1 Å². The van der Waals surface area contributed by atoms with E-state index in [9.17, 15) is 22.8 Å². The Balaban J connectivity index is 2.25. The molecule has 0 unspecified atom stereocenters. The number of ketones is 1. The van der Waals surface area contributed by atoms with E-state index in [0.29, 0.717) is 11.6 Å². The van der Waals surface area contributed by atoms with Gasteiger partial charge in [-0.25, -0.2) is 4.79 Å². The van der Waals surface area contributed by atoms with E-state index in [4.69, 9.17) is 10.5 Å². The smallest absolute Gasteiger partial charge is 0.416 e. The monoisotopic (exact) mass is 376 g/mol. The molecule has 0 aliphatic carbocycles. The van der Waals surface area contributed by atoms with Crippen LogP contribution >= 0.6 is 0 Å². The van der Waals surface area contributed by atoms with Crippen LogP contribution in [-0.2, 0) is 10.9 Å². The molecule has 0 saturated heterocycles. The summed E-state index contributed by atoms with van der Waals surface area (Å²) >= 11 is 0. The third-order valence-corrected chi connectivity index (χ3v) is 4.02. The number of rotatable bonds is 4. The SMILES string of the molecule is CCOC(=O)c1cc(C(F)(F)F)cc2[nH]c(C(=O)c3ccccc3)c(N)c12. The zero-order chi connectivity index (χ0) is 19.8. The number of nitrogens with one attached hydrogen (secondary N) is 1. The van der Waals surface area contributed by atoms with Crippen molar-refractivity contribution < 1.29 is 27.5 Å². The van der Waals surface area contributed by atoms with Crippen LogP contribution in [0.15, 0.2) is 42.5 Å². The Bertz CT molecular complexity index is 1020. The summed E-state index contributed by atoms with van der Waals surface area (Å²) in [5.74, 6) is -1.44. The highest BCUT2D eigenvalue weighted by Crippen LogP contribution is 2.37. The lowest BCUT2D eigenvalue weighted by Gasteiger charge is -2.10. The Morgan fingerprint density at radius 2 is 1.81 bits per heavy atom. The summed E-state index contributed by atoms with van der Waals surface area (Å²) in [6.45, 7) is 1.52. The molecule has 3 rings (SSSR count). The highest BCUT2D eigenvalue weighted by molar-refractivity contribution is 6.19. The molecule has 2 aromatic carbocycles. The molecular weight excluding hydrogens is 361 g/mol. The second-order valence-electron chi connectivity index (χ2n) is 5.77. The van der Waals surface area contributed by atoms with Crippen molar-refractivity contribution in [3.05, 3.63) is 64.8 Å². The van der Waals surface area contributed by atoms with Crippen LogP contribution in [0.25, 0.3) is 10.9 Å². The average molecular weight is 376 g/mol. The topological polar surface area (TPSA) is 85.2 Å². The number of halogens is 3. The molecule has 0 atom stereocenters. The van der Waals surface area contributed by atoms with Gasteiger partial charge in [-0.15, -0.1) is 0 Å². The minimum atomic E-state index is -4.68. The van der Waals surface area contributed by atoms with Crippen LogP contribution in [0.4, 0.5) is 18.9 Å². The summed E-state index contributed by atoms with van der Waals surface area (Å²) in [6.07, 6.45) is -4.68.